The van der Waals surface area contributed by atoms with Gasteiger partial charge in [0.05, 0.1) is 6.61 Å². The average molecular weight is 295 g/mol. The summed E-state index contributed by atoms with van der Waals surface area (Å²) in [6, 6.07) is 7.96. The van der Waals surface area contributed by atoms with E-state index in [-0.39, 0.29) is 12.5 Å². The number of hydrogen-bond donors (Lipinski definition) is 1. The van der Waals surface area contributed by atoms with Gasteiger partial charge in [-0.25, -0.2) is 0 Å². The lowest BCUT2D eigenvalue weighted by molar-refractivity contribution is -0.125. The maximum Gasteiger partial charge on any atom is 0.245 e. The summed E-state index contributed by atoms with van der Waals surface area (Å²) in [4.78, 5) is 10.9. The second kappa shape index (κ2) is 11.1. The number of ether oxygens (including phenoxy) is 3. The Labute approximate surface area is 126 Å². The minimum absolute atomic E-state index is 0.0977. The zero-order chi connectivity index (χ0) is 15.3. The molecule has 0 aliphatic heterocycles. The molecule has 1 N–H and O–H groups in total. The van der Waals surface area contributed by atoms with Crippen LogP contribution in [0, 0.1) is 6.92 Å². The molecule has 0 spiro atoms. The van der Waals surface area contributed by atoms with Crippen molar-refractivity contribution < 1.29 is 19.0 Å². The van der Waals surface area contributed by atoms with Crippen molar-refractivity contribution in [2.24, 2.45) is 0 Å². The van der Waals surface area contributed by atoms with Gasteiger partial charge >= 0.3 is 0 Å². The Morgan fingerprint density at radius 3 is 2.33 bits per heavy atom. The van der Waals surface area contributed by atoms with Crippen LogP contribution in [0.25, 0.3) is 0 Å². The van der Waals surface area contributed by atoms with E-state index in [0.29, 0.717) is 26.4 Å². The summed E-state index contributed by atoms with van der Waals surface area (Å²) >= 11 is 0. The van der Waals surface area contributed by atoms with Crippen molar-refractivity contribution in [2.75, 3.05) is 40.1 Å². The van der Waals surface area contributed by atoms with Crippen LogP contribution in [0.15, 0.2) is 24.3 Å². The number of hydrogen-bond acceptors (Lipinski definition) is 4. The highest BCUT2D eigenvalue weighted by atomic mass is 16.5. The Balaban J connectivity index is 1.86. The lowest BCUT2D eigenvalue weighted by Gasteiger charge is -2.07. The first-order valence-corrected chi connectivity index (χ1v) is 7.28. The Morgan fingerprint density at radius 1 is 1.00 bits per heavy atom. The number of rotatable bonds is 11. The van der Waals surface area contributed by atoms with Crippen molar-refractivity contribution in [1.82, 2.24) is 5.32 Å². The predicted molar refractivity (Wildman–Crippen MR) is 81.6 cm³/mol. The van der Waals surface area contributed by atoms with E-state index in [2.05, 4.69) is 5.32 Å². The number of carbonyl (C=O) groups excluding carboxylic acids is 1. The lowest BCUT2D eigenvalue weighted by atomic mass is 10.2. The molecule has 1 amide bonds. The highest BCUT2D eigenvalue weighted by Crippen LogP contribution is 2.10. The number of benzene rings is 1. The van der Waals surface area contributed by atoms with Crippen LogP contribution in [0.5, 0.6) is 5.75 Å². The first-order chi connectivity index (χ1) is 10.2. The van der Waals surface area contributed by atoms with Crippen molar-refractivity contribution >= 4 is 5.91 Å². The SMILES string of the molecule is CNC(=O)COCCCCOCCOc1ccc(C)cc1. The number of unbranched alkanes of at least 4 members (excludes halogenated alkanes) is 1. The predicted octanol–water partition coefficient (Wildman–Crippen LogP) is 1.93. The van der Waals surface area contributed by atoms with Crippen LogP contribution in [-0.2, 0) is 14.3 Å². The topological polar surface area (TPSA) is 56.8 Å². The van der Waals surface area contributed by atoms with Crippen molar-refractivity contribution in [2.45, 2.75) is 19.8 Å². The molecule has 0 atom stereocenters. The van der Waals surface area contributed by atoms with Crippen molar-refractivity contribution in [3.05, 3.63) is 29.8 Å². The highest BCUT2D eigenvalue weighted by Gasteiger charge is 1.97. The van der Waals surface area contributed by atoms with E-state index >= 15 is 0 Å². The van der Waals surface area contributed by atoms with E-state index in [9.17, 15) is 4.79 Å². The smallest absolute Gasteiger partial charge is 0.245 e. The molecule has 0 fully saturated rings. The maximum absolute atomic E-state index is 10.9. The summed E-state index contributed by atoms with van der Waals surface area (Å²) < 4.78 is 16.2. The molecule has 0 unspecified atom stereocenters. The van der Waals surface area contributed by atoms with Crippen molar-refractivity contribution in [3.8, 4) is 5.75 Å². The molecule has 1 aromatic rings. The molecule has 5 nitrogen and oxygen atoms in total. The first kappa shape index (κ1) is 17.5. The normalized spacial score (nSPS) is 10.4. The number of carbonyl (C=O) groups is 1. The quantitative estimate of drug-likeness (QED) is 0.634. The Bertz CT molecular complexity index is 392. The minimum Gasteiger partial charge on any atom is -0.491 e. The fourth-order valence-electron chi connectivity index (χ4n) is 1.60. The summed E-state index contributed by atoms with van der Waals surface area (Å²) in [7, 11) is 1.60. The summed E-state index contributed by atoms with van der Waals surface area (Å²) in [6.07, 6.45) is 1.80. The maximum atomic E-state index is 10.9. The van der Waals surface area contributed by atoms with Gasteiger partial charge in [-0.2, -0.15) is 0 Å². The Morgan fingerprint density at radius 2 is 1.67 bits per heavy atom. The summed E-state index contributed by atoms with van der Waals surface area (Å²) in [5.74, 6) is 0.770. The third-order valence-electron chi connectivity index (χ3n) is 2.86. The van der Waals surface area contributed by atoms with Gasteiger partial charge in [0.1, 0.15) is 19.0 Å². The van der Waals surface area contributed by atoms with Crippen LogP contribution in [0.3, 0.4) is 0 Å². The number of amides is 1. The average Bonchev–Trinajstić information content (AvgIpc) is 2.50. The van der Waals surface area contributed by atoms with Gasteiger partial charge in [-0.15, -0.1) is 0 Å². The monoisotopic (exact) mass is 295 g/mol. The Kier molecular flexibility index (Phi) is 9.24. The summed E-state index contributed by atoms with van der Waals surface area (Å²) in [5.41, 5.74) is 1.22. The van der Waals surface area contributed by atoms with E-state index in [1.807, 2.05) is 31.2 Å². The van der Waals surface area contributed by atoms with Gasteiger partial charge in [-0.1, -0.05) is 17.7 Å². The molecule has 0 aromatic heterocycles. The van der Waals surface area contributed by atoms with E-state index in [0.717, 1.165) is 18.6 Å². The number of nitrogens with one attached hydrogen (secondary N) is 1. The van der Waals surface area contributed by atoms with Gasteiger partial charge in [-0.05, 0) is 31.9 Å². The fourth-order valence-corrected chi connectivity index (χ4v) is 1.60. The molecule has 0 heterocycles. The summed E-state index contributed by atoms with van der Waals surface area (Å²) in [5, 5.41) is 2.50. The Hall–Kier alpha value is -1.59. The van der Waals surface area contributed by atoms with Gasteiger partial charge in [0.25, 0.3) is 0 Å². The van der Waals surface area contributed by atoms with Gasteiger partial charge < -0.3 is 19.5 Å². The number of likely N-dealkylation sites (N-methyl/N-ethyl adjacent to an activating group) is 1. The van der Waals surface area contributed by atoms with Crippen LogP contribution in [0.4, 0.5) is 0 Å². The molecule has 0 bridgehead atoms. The standard InChI is InChI=1S/C16H25NO4/c1-14-5-7-15(8-6-14)21-12-11-19-9-3-4-10-20-13-16(18)17-2/h5-8H,3-4,9-13H2,1-2H3,(H,17,18). The zero-order valence-corrected chi connectivity index (χ0v) is 12.9. The molecule has 0 saturated heterocycles. The molecule has 1 aromatic carbocycles. The largest absolute Gasteiger partial charge is 0.491 e. The van der Waals surface area contributed by atoms with Gasteiger partial charge in [0.15, 0.2) is 0 Å². The molecule has 0 radical (unpaired) electrons. The fraction of sp³-hybridized carbons (Fsp3) is 0.562. The zero-order valence-electron chi connectivity index (χ0n) is 12.9. The number of aryl methyl sites for hydroxylation is 1. The third-order valence-corrected chi connectivity index (χ3v) is 2.86. The van der Waals surface area contributed by atoms with Gasteiger partial charge in [0, 0.05) is 20.3 Å². The highest BCUT2D eigenvalue weighted by molar-refractivity contribution is 5.76. The van der Waals surface area contributed by atoms with Crippen molar-refractivity contribution in [3.63, 3.8) is 0 Å². The van der Waals surface area contributed by atoms with Crippen LogP contribution in [0.1, 0.15) is 18.4 Å². The molecular weight excluding hydrogens is 270 g/mol. The molecule has 0 aliphatic rings. The molecule has 5 heteroatoms. The van der Waals surface area contributed by atoms with E-state index < -0.39 is 0 Å². The molecule has 118 valence electrons. The molecule has 21 heavy (non-hydrogen) atoms. The van der Waals surface area contributed by atoms with E-state index in [4.69, 9.17) is 14.2 Å². The van der Waals surface area contributed by atoms with E-state index in [1.54, 1.807) is 7.05 Å². The molecular formula is C16H25NO4. The van der Waals surface area contributed by atoms with Crippen LogP contribution in [0.2, 0.25) is 0 Å². The van der Waals surface area contributed by atoms with Gasteiger partial charge in [-0.3, -0.25) is 4.79 Å². The third kappa shape index (κ3) is 9.05. The minimum atomic E-state index is -0.0977. The molecule has 0 saturated carbocycles. The molecule has 1 rings (SSSR count). The second-order valence-corrected chi connectivity index (χ2v) is 4.71. The summed E-state index contributed by atoms with van der Waals surface area (Å²) in [6.45, 7) is 4.56. The van der Waals surface area contributed by atoms with Gasteiger partial charge in [0.2, 0.25) is 5.91 Å². The van der Waals surface area contributed by atoms with Crippen LogP contribution in [-0.4, -0.2) is 46.0 Å². The van der Waals surface area contributed by atoms with Crippen LogP contribution < -0.4 is 10.1 Å². The van der Waals surface area contributed by atoms with Crippen molar-refractivity contribution in [1.29, 1.82) is 0 Å². The lowest BCUT2D eigenvalue weighted by Crippen LogP contribution is -2.23. The molecule has 0 aliphatic carbocycles. The van der Waals surface area contributed by atoms with Crippen LogP contribution >= 0.6 is 0 Å². The first-order valence-electron chi connectivity index (χ1n) is 7.28. The second-order valence-electron chi connectivity index (χ2n) is 4.71. The van der Waals surface area contributed by atoms with E-state index in [1.165, 1.54) is 5.56 Å².